The van der Waals surface area contributed by atoms with Crippen LogP contribution in [0.15, 0.2) is 49.6 Å². The summed E-state index contributed by atoms with van der Waals surface area (Å²) in [5, 5.41) is 2.94. The molecule has 1 atom stereocenters. The Morgan fingerprint density at radius 3 is 2.68 bits per heavy atom. The molecule has 0 bridgehead atoms. The van der Waals surface area contributed by atoms with Gasteiger partial charge in [0, 0.05) is 37.3 Å². The smallest absolute Gasteiger partial charge is 0.237 e. The van der Waals surface area contributed by atoms with Crippen molar-refractivity contribution in [2.45, 2.75) is 56.7 Å². The Bertz CT molecular complexity index is 797. The van der Waals surface area contributed by atoms with E-state index in [-0.39, 0.29) is 23.8 Å². The summed E-state index contributed by atoms with van der Waals surface area (Å²) in [7, 11) is 1.65. The largest absolute Gasteiger partial charge is 0.496 e. The Kier molecular flexibility index (Phi) is 7.91. The number of piperidine rings is 1. The monoisotopic (exact) mass is 425 g/mol. The molecule has 0 aliphatic carbocycles. The lowest BCUT2D eigenvalue weighted by atomic mass is 9.80. The number of rotatable bonds is 9. The van der Waals surface area contributed by atoms with Gasteiger partial charge in [-0.15, -0.1) is 13.2 Å². The van der Waals surface area contributed by atoms with E-state index in [0.717, 1.165) is 50.0 Å². The first-order valence-corrected chi connectivity index (χ1v) is 11.2. The lowest BCUT2D eigenvalue weighted by Gasteiger charge is -2.48. The van der Waals surface area contributed by atoms with E-state index in [1.807, 2.05) is 41.3 Å². The predicted octanol–water partition coefficient (Wildman–Crippen LogP) is 3.29. The maximum absolute atomic E-state index is 13.5. The molecule has 2 aliphatic heterocycles. The van der Waals surface area contributed by atoms with Crippen molar-refractivity contribution < 1.29 is 14.3 Å². The summed E-state index contributed by atoms with van der Waals surface area (Å²) in [5.41, 5.74) is 0.750. The Morgan fingerprint density at radius 1 is 1.23 bits per heavy atom. The number of likely N-dealkylation sites (tertiary alicyclic amines) is 1. The van der Waals surface area contributed by atoms with Crippen molar-refractivity contribution in [2.24, 2.45) is 0 Å². The second kappa shape index (κ2) is 10.6. The minimum Gasteiger partial charge on any atom is -0.496 e. The molecule has 0 saturated carbocycles. The average molecular weight is 426 g/mol. The van der Waals surface area contributed by atoms with Gasteiger partial charge < -0.3 is 15.0 Å². The van der Waals surface area contributed by atoms with E-state index in [0.29, 0.717) is 19.6 Å². The SMILES string of the molecule is C=CCC1(CC=C)CCCCN1C(=O)C[C@@H]1C(=O)NCCN1Cc1ccccc1OC. The van der Waals surface area contributed by atoms with Crippen LogP contribution in [0.3, 0.4) is 0 Å². The van der Waals surface area contributed by atoms with Crippen LogP contribution in [0.2, 0.25) is 0 Å². The normalized spacial score (nSPS) is 21.3. The predicted molar refractivity (Wildman–Crippen MR) is 123 cm³/mol. The Labute approximate surface area is 185 Å². The van der Waals surface area contributed by atoms with Crippen molar-refractivity contribution in [3.8, 4) is 5.75 Å². The Morgan fingerprint density at radius 2 is 1.97 bits per heavy atom. The highest BCUT2D eigenvalue weighted by atomic mass is 16.5. The van der Waals surface area contributed by atoms with E-state index in [1.165, 1.54) is 0 Å². The molecule has 2 heterocycles. The second-order valence-corrected chi connectivity index (χ2v) is 8.51. The summed E-state index contributed by atoms with van der Waals surface area (Å²) in [6.45, 7) is 10.4. The van der Waals surface area contributed by atoms with Crippen LogP contribution >= 0.6 is 0 Å². The number of nitrogens with one attached hydrogen (secondary N) is 1. The summed E-state index contributed by atoms with van der Waals surface area (Å²) >= 11 is 0. The number of nitrogens with zero attached hydrogens (tertiary/aromatic N) is 2. The number of ether oxygens (including phenoxy) is 1. The summed E-state index contributed by atoms with van der Waals surface area (Å²) in [4.78, 5) is 30.4. The summed E-state index contributed by atoms with van der Waals surface area (Å²) < 4.78 is 5.49. The molecule has 2 fully saturated rings. The third-order valence-electron chi connectivity index (χ3n) is 6.57. The van der Waals surface area contributed by atoms with Gasteiger partial charge in [-0.3, -0.25) is 14.5 Å². The van der Waals surface area contributed by atoms with E-state index in [9.17, 15) is 9.59 Å². The molecule has 31 heavy (non-hydrogen) atoms. The molecule has 1 aromatic rings. The standard InChI is InChI=1S/C25H35N3O3/c1-4-12-25(13-5-2)14-8-9-16-28(25)23(29)18-21-24(30)26-15-17-27(21)19-20-10-6-7-11-22(20)31-3/h4-7,10-11,21H,1-2,8-9,12-19H2,3H3,(H,26,30)/t21-/m1/s1. The highest BCUT2D eigenvalue weighted by Gasteiger charge is 2.41. The second-order valence-electron chi connectivity index (χ2n) is 8.51. The quantitative estimate of drug-likeness (QED) is 0.617. The number of hydrogen-bond donors (Lipinski definition) is 1. The van der Waals surface area contributed by atoms with E-state index in [2.05, 4.69) is 23.4 Å². The van der Waals surface area contributed by atoms with E-state index >= 15 is 0 Å². The number of methoxy groups -OCH3 is 1. The lowest BCUT2D eigenvalue weighted by molar-refractivity contribution is -0.145. The molecule has 2 amide bonds. The maximum atomic E-state index is 13.5. The summed E-state index contributed by atoms with van der Waals surface area (Å²) in [5.74, 6) is 0.755. The molecular formula is C25H35N3O3. The van der Waals surface area contributed by atoms with Crippen LogP contribution in [0.5, 0.6) is 5.75 Å². The maximum Gasteiger partial charge on any atom is 0.237 e. The third kappa shape index (κ3) is 5.18. The van der Waals surface area contributed by atoms with E-state index < -0.39 is 6.04 Å². The Balaban J connectivity index is 1.79. The molecule has 3 rings (SSSR count). The molecule has 1 aromatic carbocycles. The van der Waals surface area contributed by atoms with Gasteiger partial charge in [0.1, 0.15) is 5.75 Å². The van der Waals surface area contributed by atoms with Crippen molar-refractivity contribution in [3.63, 3.8) is 0 Å². The van der Waals surface area contributed by atoms with Crippen LogP contribution in [0.4, 0.5) is 0 Å². The fraction of sp³-hybridized carbons (Fsp3) is 0.520. The van der Waals surface area contributed by atoms with Gasteiger partial charge >= 0.3 is 0 Å². The molecule has 6 nitrogen and oxygen atoms in total. The molecule has 0 aromatic heterocycles. The summed E-state index contributed by atoms with van der Waals surface area (Å²) in [6, 6.07) is 7.34. The van der Waals surface area contributed by atoms with Crippen molar-refractivity contribution >= 4 is 11.8 Å². The molecular weight excluding hydrogens is 390 g/mol. The minimum atomic E-state index is -0.488. The number of carbonyl (C=O) groups is 2. The van der Waals surface area contributed by atoms with Crippen molar-refractivity contribution in [1.82, 2.24) is 15.1 Å². The lowest BCUT2D eigenvalue weighted by Crippen LogP contribution is -2.59. The number of benzene rings is 1. The van der Waals surface area contributed by atoms with Crippen LogP contribution in [-0.2, 0) is 16.1 Å². The zero-order valence-electron chi connectivity index (χ0n) is 18.6. The van der Waals surface area contributed by atoms with Crippen LogP contribution in [0.25, 0.3) is 0 Å². The van der Waals surface area contributed by atoms with Gasteiger partial charge in [-0.1, -0.05) is 30.4 Å². The average Bonchev–Trinajstić information content (AvgIpc) is 2.77. The molecule has 0 unspecified atom stereocenters. The Hall–Kier alpha value is -2.60. The van der Waals surface area contributed by atoms with Gasteiger partial charge in [-0.05, 0) is 38.2 Å². The van der Waals surface area contributed by atoms with E-state index in [1.54, 1.807) is 7.11 Å². The highest BCUT2D eigenvalue weighted by Crippen LogP contribution is 2.36. The van der Waals surface area contributed by atoms with Crippen LogP contribution in [0, 0.1) is 0 Å². The number of para-hydroxylation sites is 1. The first-order valence-electron chi connectivity index (χ1n) is 11.2. The highest BCUT2D eigenvalue weighted by molar-refractivity contribution is 5.89. The van der Waals surface area contributed by atoms with Gasteiger partial charge in [0.25, 0.3) is 0 Å². The van der Waals surface area contributed by atoms with Gasteiger partial charge in [0.2, 0.25) is 11.8 Å². The van der Waals surface area contributed by atoms with Gasteiger partial charge in [-0.2, -0.15) is 0 Å². The zero-order chi connectivity index (χ0) is 22.3. The first-order chi connectivity index (χ1) is 15.0. The number of amides is 2. The first kappa shape index (κ1) is 23.1. The van der Waals surface area contributed by atoms with Crippen LogP contribution in [-0.4, -0.2) is 59.9 Å². The van der Waals surface area contributed by atoms with Gasteiger partial charge in [0.05, 0.1) is 19.6 Å². The van der Waals surface area contributed by atoms with Crippen LogP contribution < -0.4 is 10.1 Å². The van der Waals surface area contributed by atoms with E-state index in [4.69, 9.17) is 4.74 Å². The van der Waals surface area contributed by atoms with Gasteiger partial charge in [-0.25, -0.2) is 0 Å². The summed E-state index contributed by atoms with van der Waals surface area (Å²) in [6.07, 6.45) is 8.49. The van der Waals surface area contributed by atoms with Crippen LogP contribution in [0.1, 0.15) is 44.1 Å². The van der Waals surface area contributed by atoms with Crippen molar-refractivity contribution in [1.29, 1.82) is 0 Å². The number of carbonyl (C=O) groups excluding carboxylic acids is 2. The zero-order valence-corrected chi connectivity index (χ0v) is 18.6. The molecule has 2 saturated heterocycles. The molecule has 2 aliphatic rings. The van der Waals surface area contributed by atoms with Crippen molar-refractivity contribution in [3.05, 3.63) is 55.1 Å². The molecule has 1 N–H and O–H groups in total. The van der Waals surface area contributed by atoms with Gasteiger partial charge in [0.15, 0.2) is 0 Å². The fourth-order valence-corrected chi connectivity index (χ4v) is 5.03. The molecule has 6 heteroatoms. The number of piperazine rings is 1. The topological polar surface area (TPSA) is 61.9 Å². The fourth-order valence-electron chi connectivity index (χ4n) is 5.03. The molecule has 0 spiro atoms. The number of hydrogen-bond acceptors (Lipinski definition) is 4. The van der Waals surface area contributed by atoms with Crippen molar-refractivity contribution in [2.75, 3.05) is 26.7 Å². The minimum absolute atomic E-state index is 0.0375. The molecule has 0 radical (unpaired) electrons. The molecule has 168 valence electrons. The third-order valence-corrected chi connectivity index (χ3v) is 6.57.